The molecule has 2 aliphatic carbocycles. The fraction of sp³-hybridized carbons (Fsp3) is 0.471. The molecule has 0 saturated heterocycles. The monoisotopic (exact) mass is 982 g/mol. The van der Waals surface area contributed by atoms with E-state index in [9.17, 15) is 0 Å². The molecule has 0 amide bonds. The van der Waals surface area contributed by atoms with Crippen molar-refractivity contribution in [2.45, 2.75) is 207 Å². The molecule has 4 atom stereocenters. The average molecular weight is 982 g/mol. The van der Waals surface area contributed by atoms with E-state index in [1.165, 1.54) is 161 Å². The van der Waals surface area contributed by atoms with Crippen LogP contribution >= 0.6 is 11.3 Å². The van der Waals surface area contributed by atoms with Gasteiger partial charge in [-0.05, 0) is 186 Å². The normalized spacial score (nSPS) is 25.0. The third-order valence-electron chi connectivity index (χ3n) is 20.8. The summed E-state index contributed by atoms with van der Waals surface area (Å²) in [5.41, 5.74) is 27.2. The molecule has 13 rings (SSSR count). The Bertz CT molecular complexity index is 3550. The van der Waals surface area contributed by atoms with Crippen molar-refractivity contribution >= 4 is 94.4 Å². The summed E-state index contributed by atoms with van der Waals surface area (Å²) < 4.78 is 2.74. The number of aryl methyl sites for hydroxylation is 4. The summed E-state index contributed by atoms with van der Waals surface area (Å²) >= 11 is 1.98. The fourth-order valence-corrected chi connectivity index (χ4v) is 17.6. The largest absolute Gasteiger partial charge is 0.335 e. The van der Waals surface area contributed by atoms with Crippen LogP contribution in [0.25, 0.3) is 20.2 Å². The zero-order chi connectivity index (χ0) is 51.6. The molecule has 0 N–H and O–H groups in total. The molecule has 73 heavy (non-hydrogen) atoms. The van der Waals surface area contributed by atoms with Gasteiger partial charge in [-0.3, -0.25) is 0 Å². The number of nitrogens with zero attached hydrogens (tertiary/aromatic N) is 3. The summed E-state index contributed by atoms with van der Waals surface area (Å²) in [6.45, 7) is 41.7. The van der Waals surface area contributed by atoms with Crippen molar-refractivity contribution in [1.82, 2.24) is 0 Å². The Morgan fingerprint density at radius 3 is 1.70 bits per heavy atom. The highest BCUT2D eigenvalue weighted by atomic mass is 32.1. The number of hydrogen-bond donors (Lipinski definition) is 0. The summed E-state index contributed by atoms with van der Waals surface area (Å²) in [4.78, 5) is 8.69. The number of benzene rings is 6. The molecule has 1 aromatic heterocycles. The maximum Gasteiger partial charge on any atom is 0.252 e. The van der Waals surface area contributed by atoms with Crippen LogP contribution in [0.3, 0.4) is 0 Å². The van der Waals surface area contributed by atoms with E-state index in [2.05, 4.69) is 211 Å². The molecular formula is C68H80BN3S. The summed E-state index contributed by atoms with van der Waals surface area (Å²) in [5.74, 6) is 0. The quantitative estimate of drug-likeness (QED) is 0.160. The van der Waals surface area contributed by atoms with Crippen LogP contribution in [0, 0.1) is 27.7 Å². The molecule has 3 nitrogen and oxygen atoms in total. The zero-order valence-electron chi connectivity index (χ0n) is 47.5. The number of thiophene rings is 1. The van der Waals surface area contributed by atoms with Crippen molar-refractivity contribution in [3.8, 4) is 0 Å². The highest BCUT2D eigenvalue weighted by Crippen LogP contribution is 2.66. The van der Waals surface area contributed by atoms with Crippen LogP contribution in [0.2, 0.25) is 0 Å². The van der Waals surface area contributed by atoms with Gasteiger partial charge < -0.3 is 14.7 Å². The average Bonchev–Trinajstić information content (AvgIpc) is 3.90. The van der Waals surface area contributed by atoms with Crippen LogP contribution in [0.4, 0.5) is 39.8 Å². The molecule has 0 bridgehead atoms. The van der Waals surface area contributed by atoms with E-state index < -0.39 is 0 Å². The van der Waals surface area contributed by atoms with Crippen molar-refractivity contribution < 1.29 is 0 Å². The molecule has 6 aromatic carbocycles. The van der Waals surface area contributed by atoms with Crippen molar-refractivity contribution in [3.63, 3.8) is 0 Å². The van der Waals surface area contributed by atoms with E-state index in [1.807, 2.05) is 11.3 Å². The van der Waals surface area contributed by atoms with Gasteiger partial charge in [-0.25, -0.2) is 0 Å². The summed E-state index contributed by atoms with van der Waals surface area (Å²) in [5, 5.41) is 2.79. The van der Waals surface area contributed by atoms with Gasteiger partial charge in [-0.15, -0.1) is 11.3 Å². The first kappa shape index (κ1) is 47.7. The van der Waals surface area contributed by atoms with Crippen molar-refractivity contribution in [2.24, 2.45) is 0 Å². The van der Waals surface area contributed by atoms with E-state index >= 15 is 0 Å². The lowest BCUT2D eigenvalue weighted by Gasteiger charge is -2.54. The van der Waals surface area contributed by atoms with Gasteiger partial charge in [0.2, 0.25) is 0 Å². The summed E-state index contributed by atoms with van der Waals surface area (Å²) in [7, 11) is 0. The van der Waals surface area contributed by atoms with Gasteiger partial charge in [0.15, 0.2) is 0 Å². The summed E-state index contributed by atoms with van der Waals surface area (Å²) in [6.07, 6.45) is 9.84. The second kappa shape index (κ2) is 14.9. The molecule has 7 aromatic rings. The molecule has 5 heterocycles. The van der Waals surface area contributed by atoms with Crippen LogP contribution in [0.15, 0.2) is 78.9 Å². The van der Waals surface area contributed by atoms with Gasteiger partial charge in [0.1, 0.15) is 0 Å². The Hall–Kier alpha value is -5.00. The lowest BCUT2D eigenvalue weighted by atomic mass is 9.32. The maximum atomic E-state index is 3.00. The second-order valence-electron chi connectivity index (χ2n) is 28.3. The van der Waals surface area contributed by atoms with E-state index in [0.29, 0.717) is 0 Å². The van der Waals surface area contributed by atoms with Crippen LogP contribution < -0.4 is 31.1 Å². The molecule has 4 unspecified atom stereocenters. The fourth-order valence-electron chi connectivity index (χ4n) is 16.5. The van der Waals surface area contributed by atoms with Gasteiger partial charge >= 0.3 is 0 Å². The van der Waals surface area contributed by atoms with E-state index in [0.717, 1.165) is 0 Å². The first-order valence-corrected chi connectivity index (χ1v) is 29.0. The van der Waals surface area contributed by atoms with Gasteiger partial charge in [-0.2, -0.15) is 0 Å². The highest BCUT2D eigenvalue weighted by molar-refractivity contribution is 7.26. The molecule has 4 aliphatic heterocycles. The first-order chi connectivity index (χ1) is 34.2. The topological polar surface area (TPSA) is 9.72 Å². The predicted octanol–water partition coefficient (Wildman–Crippen LogP) is 17.3. The second-order valence-corrected chi connectivity index (χ2v) is 29.4. The predicted molar refractivity (Wildman–Crippen MR) is 319 cm³/mol. The van der Waals surface area contributed by atoms with Crippen molar-refractivity contribution in [1.29, 1.82) is 0 Å². The minimum atomic E-state index is -0.101. The Labute approximate surface area is 442 Å². The van der Waals surface area contributed by atoms with E-state index in [4.69, 9.17) is 0 Å². The van der Waals surface area contributed by atoms with Crippen molar-refractivity contribution in [3.05, 3.63) is 129 Å². The zero-order valence-corrected chi connectivity index (χ0v) is 48.3. The van der Waals surface area contributed by atoms with Crippen LogP contribution in [-0.4, -0.2) is 17.8 Å². The Morgan fingerprint density at radius 1 is 0.466 bits per heavy atom. The summed E-state index contributed by atoms with van der Waals surface area (Å²) in [6, 6.07) is 33.3. The van der Waals surface area contributed by atoms with Gasteiger partial charge in [0.25, 0.3) is 6.71 Å². The number of fused-ring (bicyclic) bond motifs is 13. The Balaban J connectivity index is 1.19. The first-order valence-electron chi connectivity index (χ1n) is 28.2. The minimum absolute atomic E-state index is 0.00889. The van der Waals surface area contributed by atoms with Crippen LogP contribution in [0.1, 0.15) is 191 Å². The van der Waals surface area contributed by atoms with E-state index in [1.54, 1.807) is 16.6 Å². The molecule has 2 saturated carbocycles. The third kappa shape index (κ3) is 6.12. The standard InChI is InChI=1S/C68H80BN3S/c1-39-30-40(2)58-61-57(39)66(15)27-19-21-29-68(66,17)72(61)54-36-46(71-51-24-22-44(63(8,9)10)34-49(51)65(14)26-18-20-28-67(65,71)16)35-53-59(54)69(58)50-37-48-47-33-43(62(5,6)7)23-25-55(47)73-56(48)38-52(50)70(53)60-41(3)31-45(32-42(60)4)64(11,12)13/h22-25,30-38H,18-21,26-29H2,1-17H3. The molecule has 0 spiro atoms. The smallest absolute Gasteiger partial charge is 0.252 e. The molecule has 2 fully saturated rings. The minimum Gasteiger partial charge on any atom is -0.335 e. The van der Waals surface area contributed by atoms with Gasteiger partial charge in [0.05, 0.1) is 16.8 Å². The number of hydrogen-bond acceptors (Lipinski definition) is 4. The van der Waals surface area contributed by atoms with Crippen LogP contribution in [-0.2, 0) is 27.1 Å². The van der Waals surface area contributed by atoms with Gasteiger partial charge in [-0.1, -0.05) is 150 Å². The molecule has 5 heteroatoms. The van der Waals surface area contributed by atoms with E-state index in [-0.39, 0.29) is 44.9 Å². The lowest BCUT2D eigenvalue weighted by Crippen LogP contribution is -2.65. The SMILES string of the molecule is Cc1cc(C)c2c3c1B1c4cc5c(cc4N(c4c(C)cc(C(C)(C)C)cc4C)c4cc(N6c7ccc(C(C)(C)C)cc7C7(C)CCCCC67C)cc(c41)N3C1(C)CCCCC21C)sc1ccc(C(C)(C)C)cc15. The molecule has 6 aliphatic rings. The van der Waals surface area contributed by atoms with Gasteiger partial charge in [0, 0.05) is 59.7 Å². The third-order valence-corrected chi connectivity index (χ3v) is 22.0. The number of rotatable bonds is 2. The molecule has 0 radical (unpaired) electrons. The Morgan fingerprint density at radius 2 is 1.04 bits per heavy atom. The maximum absolute atomic E-state index is 3.00. The highest BCUT2D eigenvalue weighted by Gasteiger charge is 2.63. The van der Waals surface area contributed by atoms with Crippen LogP contribution in [0.5, 0.6) is 0 Å². The Kier molecular flexibility index (Phi) is 9.73. The molecular weight excluding hydrogens is 902 g/mol. The number of anilines is 7. The molecule has 376 valence electrons. The van der Waals surface area contributed by atoms with Crippen molar-refractivity contribution in [2.75, 3.05) is 14.7 Å². The lowest BCUT2D eigenvalue weighted by molar-refractivity contribution is 0.193.